The van der Waals surface area contributed by atoms with Gasteiger partial charge < -0.3 is 18.9 Å². The summed E-state index contributed by atoms with van der Waals surface area (Å²) in [7, 11) is -0.521. The van der Waals surface area contributed by atoms with Crippen molar-refractivity contribution in [3.8, 4) is 23.0 Å². The van der Waals surface area contributed by atoms with E-state index >= 15 is 0 Å². The summed E-state index contributed by atoms with van der Waals surface area (Å²) in [5.74, 6) is 1.37. The lowest BCUT2D eigenvalue weighted by molar-refractivity contribution is -0.114. The molecule has 2 aromatic carbocycles. The van der Waals surface area contributed by atoms with Crippen molar-refractivity contribution >= 4 is 49.0 Å². The van der Waals surface area contributed by atoms with E-state index in [0.29, 0.717) is 29.4 Å². The number of hydrogen-bond donors (Lipinski definition) is 1. The number of thioether (sulfide) groups is 1. The first-order valence-electron chi connectivity index (χ1n) is 10.5. The van der Waals surface area contributed by atoms with Crippen LogP contribution in [-0.2, 0) is 14.6 Å². The van der Waals surface area contributed by atoms with E-state index in [4.69, 9.17) is 24.4 Å². The lowest BCUT2D eigenvalue weighted by atomic mass is 10.1. The topological polar surface area (TPSA) is 140 Å². The molecule has 2 aliphatic rings. The number of carbonyl (C=O) groups is 1. The molecule has 0 bridgehead atoms. The van der Waals surface area contributed by atoms with Crippen LogP contribution in [0.4, 0.5) is 0 Å². The molecule has 188 valence electrons. The van der Waals surface area contributed by atoms with Crippen molar-refractivity contribution in [1.29, 1.82) is 5.41 Å². The predicted octanol–water partition coefficient (Wildman–Crippen LogP) is 2.78. The van der Waals surface area contributed by atoms with Crippen LogP contribution in [-0.4, -0.2) is 68.4 Å². The minimum atomic E-state index is -3.60. The van der Waals surface area contributed by atoms with Gasteiger partial charge in [0.2, 0.25) is 19.4 Å². The highest BCUT2D eigenvalue weighted by Crippen LogP contribution is 2.32. The predicted molar refractivity (Wildman–Crippen MR) is 137 cm³/mol. The summed E-state index contributed by atoms with van der Waals surface area (Å²) in [5, 5.41) is 13.3. The molecule has 0 unspecified atom stereocenters. The van der Waals surface area contributed by atoms with Crippen molar-refractivity contribution in [3.05, 3.63) is 53.6 Å². The third-order valence-corrected chi connectivity index (χ3v) is 7.50. The van der Waals surface area contributed by atoms with Gasteiger partial charge in [0.1, 0.15) is 24.7 Å². The number of nitrogens with one attached hydrogen (secondary N) is 1. The van der Waals surface area contributed by atoms with Crippen LogP contribution in [0.5, 0.6) is 23.0 Å². The molecule has 0 aliphatic carbocycles. The highest BCUT2D eigenvalue weighted by atomic mass is 32.3. The number of rotatable bonds is 8. The summed E-state index contributed by atoms with van der Waals surface area (Å²) >= 11 is 0.732. The highest BCUT2D eigenvalue weighted by molar-refractivity contribution is 8.42. The number of amidine groups is 2. The average Bonchev–Trinajstić information content (AvgIpc) is 3.30. The number of benzene rings is 2. The van der Waals surface area contributed by atoms with Gasteiger partial charge >= 0.3 is 0 Å². The minimum absolute atomic E-state index is 0.0285. The first kappa shape index (κ1) is 25.3. The molecule has 0 saturated heterocycles. The quantitative estimate of drug-likeness (QED) is 0.403. The molecule has 11 nitrogen and oxygen atoms in total. The molecule has 4 rings (SSSR count). The first-order valence-corrected chi connectivity index (χ1v) is 13.2. The van der Waals surface area contributed by atoms with Gasteiger partial charge in [-0.15, -0.1) is 5.10 Å². The fraction of sp³-hybridized carbons (Fsp3) is 0.217. The fourth-order valence-corrected chi connectivity index (χ4v) is 4.85. The number of aliphatic imine (C=N–C) groups is 1. The second kappa shape index (κ2) is 10.4. The molecule has 0 atom stereocenters. The Morgan fingerprint density at radius 3 is 2.36 bits per heavy atom. The SMILES string of the molecule is COc1ccc(OCCOc2ccc(C=C3C(=N)N4N=C(S(C)(=O)=O)SC4=NC3=O)cc2OC)cc1. The maximum Gasteiger partial charge on any atom is 0.283 e. The van der Waals surface area contributed by atoms with E-state index in [0.717, 1.165) is 28.8 Å². The molecule has 0 radical (unpaired) electrons. The fourth-order valence-electron chi connectivity index (χ4n) is 3.17. The zero-order valence-electron chi connectivity index (χ0n) is 19.5. The summed E-state index contributed by atoms with van der Waals surface area (Å²) in [6, 6.07) is 12.2. The van der Waals surface area contributed by atoms with Gasteiger partial charge in [-0.25, -0.2) is 8.42 Å². The Bertz CT molecular complexity index is 1400. The monoisotopic (exact) mass is 530 g/mol. The van der Waals surface area contributed by atoms with Crippen LogP contribution in [0, 0.1) is 5.41 Å². The first-order chi connectivity index (χ1) is 17.2. The maximum atomic E-state index is 12.5. The Hall–Kier alpha value is -3.84. The molecule has 0 fully saturated rings. The number of ether oxygens (including phenoxy) is 4. The average molecular weight is 531 g/mol. The molecule has 2 aliphatic heterocycles. The highest BCUT2D eigenvalue weighted by Gasteiger charge is 2.38. The van der Waals surface area contributed by atoms with Crippen LogP contribution in [0.1, 0.15) is 5.56 Å². The van der Waals surface area contributed by atoms with Crippen molar-refractivity contribution in [3.63, 3.8) is 0 Å². The van der Waals surface area contributed by atoms with Crippen molar-refractivity contribution in [2.24, 2.45) is 10.1 Å². The van der Waals surface area contributed by atoms with Crippen LogP contribution in [0.25, 0.3) is 6.08 Å². The van der Waals surface area contributed by atoms with Crippen molar-refractivity contribution in [2.75, 3.05) is 33.7 Å². The number of fused-ring (bicyclic) bond motifs is 1. The van der Waals surface area contributed by atoms with Crippen LogP contribution < -0.4 is 18.9 Å². The molecule has 36 heavy (non-hydrogen) atoms. The maximum absolute atomic E-state index is 12.5. The minimum Gasteiger partial charge on any atom is -0.497 e. The Balaban J connectivity index is 1.44. The largest absolute Gasteiger partial charge is 0.497 e. The lowest BCUT2D eigenvalue weighted by Crippen LogP contribution is -2.35. The van der Waals surface area contributed by atoms with Gasteiger partial charge in [-0.1, -0.05) is 6.07 Å². The summed E-state index contributed by atoms with van der Waals surface area (Å²) in [4.78, 5) is 16.4. The Labute approximate surface area is 211 Å². The lowest BCUT2D eigenvalue weighted by Gasteiger charge is -2.20. The molecule has 1 N–H and O–H groups in total. The number of hydrogen-bond acceptors (Lipinski definition) is 10. The Morgan fingerprint density at radius 2 is 1.69 bits per heavy atom. The summed E-state index contributed by atoms with van der Waals surface area (Å²) < 4.78 is 45.3. The standard InChI is InChI=1S/C23H22N4O7S2/c1-31-15-5-7-16(8-6-15)33-10-11-34-18-9-4-14(13-19(18)32-2)12-17-20(24)27-22(25-21(17)28)35-23(26-27)36(3,29)30/h4-9,12-13,24H,10-11H2,1-3H3. The third kappa shape index (κ3) is 5.52. The second-order valence-electron chi connectivity index (χ2n) is 7.44. The molecular formula is C23H22N4O7S2. The van der Waals surface area contributed by atoms with Crippen LogP contribution in [0.15, 0.2) is 58.1 Å². The van der Waals surface area contributed by atoms with Gasteiger partial charge in [0.05, 0.1) is 19.8 Å². The molecule has 0 aromatic heterocycles. The molecule has 13 heteroatoms. The number of methoxy groups -OCH3 is 2. The molecular weight excluding hydrogens is 508 g/mol. The van der Waals surface area contributed by atoms with E-state index in [-0.39, 0.29) is 27.6 Å². The second-order valence-corrected chi connectivity index (χ2v) is 10.6. The van der Waals surface area contributed by atoms with Gasteiger partial charge in [-0.2, -0.15) is 10.0 Å². The normalized spacial score (nSPS) is 16.4. The molecule has 0 spiro atoms. The zero-order valence-corrected chi connectivity index (χ0v) is 21.2. The molecule has 2 heterocycles. The van der Waals surface area contributed by atoms with E-state index in [9.17, 15) is 13.2 Å². The Kier molecular flexibility index (Phi) is 7.31. The van der Waals surface area contributed by atoms with Crippen molar-refractivity contribution in [1.82, 2.24) is 5.01 Å². The molecule has 0 saturated carbocycles. The van der Waals surface area contributed by atoms with E-state index in [2.05, 4.69) is 10.1 Å². The number of nitrogens with zero attached hydrogens (tertiary/aromatic N) is 3. The summed E-state index contributed by atoms with van der Waals surface area (Å²) in [5.41, 5.74) is 0.515. The van der Waals surface area contributed by atoms with Gasteiger partial charge in [0.25, 0.3) is 5.91 Å². The van der Waals surface area contributed by atoms with Gasteiger partial charge in [-0.05, 0) is 59.8 Å². The Morgan fingerprint density at radius 1 is 1.00 bits per heavy atom. The zero-order chi connectivity index (χ0) is 25.9. The van der Waals surface area contributed by atoms with Crippen LogP contribution in [0.2, 0.25) is 0 Å². The number of hydrazone groups is 1. The number of sulfone groups is 1. The van der Waals surface area contributed by atoms with Gasteiger partial charge in [0, 0.05) is 6.26 Å². The van der Waals surface area contributed by atoms with E-state index in [1.807, 2.05) is 0 Å². The van der Waals surface area contributed by atoms with Crippen molar-refractivity contribution in [2.45, 2.75) is 0 Å². The van der Waals surface area contributed by atoms with E-state index in [1.54, 1.807) is 49.6 Å². The summed E-state index contributed by atoms with van der Waals surface area (Å²) in [6.45, 7) is 0.563. The third-order valence-electron chi connectivity index (χ3n) is 4.92. The van der Waals surface area contributed by atoms with Crippen molar-refractivity contribution < 1.29 is 32.2 Å². The smallest absolute Gasteiger partial charge is 0.283 e. The van der Waals surface area contributed by atoms with E-state index < -0.39 is 15.7 Å². The van der Waals surface area contributed by atoms with Gasteiger partial charge in [0.15, 0.2) is 17.3 Å². The number of carbonyl (C=O) groups excluding carboxylic acids is 1. The van der Waals surface area contributed by atoms with Crippen LogP contribution in [0.3, 0.4) is 0 Å². The molecule has 1 amide bonds. The van der Waals surface area contributed by atoms with Crippen LogP contribution >= 0.6 is 11.8 Å². The summed E-state index contributed by atoms with van der Waals surface area (Å²) in [6.07, 6.45) is 2.46. The molecule has 2 aromatic rings. The van der Waals surface area contributed by atoms with E-state index in [1.165, 1.54) is 13.2 Å². The number of amides is 1. The van der Waals surface area contributed by atoms with Gasteiger partial charge in [-0.3, -0.25) is 10.2 Å².